The lowest BCUT2D eigenvalue weighted by atomic mass is 9.94. The molecular weight excluding hydrogens is 444 g/mol. The predicted molar refractivity (Wildman–Crippen MR) is 90.3 cm³/mol. The van der Waals surface area contributed by atoms with Crippen molar-refractivity contribution in [2.24, 2.45) is 0 Å². The van der Waals surface area contributed by atoms with Gasteiger partial charge in [-0.3, -0.25) is 4.52 Å². The van der Waals surface area contributed by atoms with Gasteiger partial charge in [0.1, 0.15) is 31.6 Å². The molecule has 18 heteroatoms. The molecule has 12 nitrogen and oxygen atoms in total. The molecule has 0 aromatic carbocycles. The Labute approximate surface area is 151 Å². The maximum absolute atomic E-state index is 11.9. The lowest BCUT2D eigenvalue weighted by Crippen LogP contribution is -2.25. The molecular formula is C7H16BO12P3S2. The van der Waals surface area contributed by atoms with Crippen molar-refractivity contribution in [1.29, 1.82) is 0 Å². The lowest BCUT2D eigenvalue weighted by Gasteiger charge is -2.20. The minimum atomic E-state index is -5.54. The Bertz CT molecular complexity index is 644. The molecule has 1 heterocycles. The van der Waals surface area contributed by atoms with Crippen molar-refractivity contribution < 1.29 is 55.9 Å². The molecule has 1 aliphatic heterocycles. The number of hydrogen-bond acceptors (Lipinski definition) is 10. The van der Waals surface area contributed by atoms with Crippen molar-refractivity contribution in [3.63, 3.8) is 0 Å². The van der Waals surface area contributed by atoms with Crippen LogP contribution >= 0.6 is 45.1 Å². The van der Waals surface area contributed by atoms with Gasteiger partial charge in [-0.25, -0.2) is 13.7 Å². The first-order chi connectivity index (χ1) is 11.3. The predicted octanol–water partition coefficient (Wildman–Crippen LogP) is 0.184. The van der Waals surface area contributed by atoms with Gasteiger partial charge in [0.2, 0.25) is 0 Å². The van der Waals surface area contributed by atoms with Crippen LogP contribution in [-0.4, -0.2) is 63.4 Å². The Hall–Kier alpha value is 1.09. The molecule has 0 radical (unpaired) electrons. The number of phosphoric acid groups is 3. The number of phosphoric ester groups is 1. The monoisotopic (exact) mass is 460 g/mol. The van der Waals surface area contributed by atoms with Gasteiger partial charge in [0.05, 0.1) is 0 Å². The van der Waals surface area contributed by atoms with Gasteiger partial charge in [-0.2, -0.15) is 8.62 Å². The van der Waals surface area contributed by atoms with Crippen molar-refractivity contribution in [2.45, 2.75) is 30.2 Å². The fourth-order valence-corrected chi connectivity index (χ4v) is 6.54. The molecule has 3 unspecified atom stereocenters. The van der Waals surface area contributed by atoms with Crippen LogP contribution in [0.25, 0.3) is 0 Å². The minimum absolute atomic E-state index is 0.176. The number of rotatable bonds is 10. The van der Waals surface area contributed by atoms with Gasteiger partial charge in [0, 0.05) is 12.4 Å². The molecule has 25 heavy (non-hydrogen) atoms. The molecule has 0 bridgehead atoms. The molecule has 2 rings (SSSR count). The molecule has 6 atom stereocenters. The Balaban J connectivity index is 1.99. The van der Waals surface area contributed by atoms with Crippen molar-refractivity contribution in [3.05, 3.63) is 0 Å². The molecule has 0 aromatic rings. The molecule has 1 saturated heterocycles. The highest BCUT2D eigenvalue weighted by atomic mass is 33.1. The summed E-state index contributed by atoms with van der Waals surface area (Å²) in [5.74, 6) is 0.254. The molecule has 1 aliphatic carbocycles. The van der Waals surface area contributed by atoms with Crippen molar-refractivity contribution in [1.82, 2.24) is 0 Å². The number of ether oxygens (including phenoxy) is 2. The third-order valence-electron chi connectivity index (χ3n) is 3.27. The van der Waals surface area contributed by atoms with Crippen LogP contribution in [0.2, 0.25) is 0 Å². The molecule has 0 spiro atoms. The summed E-state index contributed by atoms with van der Waals surface area (Å²) in [5, 5.41) is 0. The summed E-state index contributed by atoms with van der Waals surface area (Å²) in [7, 11) is -11.6. The van der Waals surface area contributed by atoms with Crippen molar-refractivity contribution in [3.8, 4) is 0 Å². The van der Waals surface area contributed by atoms with E-state index in [-0.39, 0.29) is 11.9 Å². The minimum Gasteiger partial charge on any atom is -0.378 e. The summed E-state index contributed by atoms with van der Waals surface area (Å²) >= 11 is 0. The number of fused-ring (bicyclic) bond motifs is 1. The van der Waals surface area contributed by atoms with Gasteiger partial charge in [-0.05, 0) is 6.26 Å². The van der Waals surface area contributed by atoms with E-state index in [1.165, 1.54) is 21.6 Å². The van der Waals surface area contributed by atoms with E-state index < -0.39 is 41.3 Å². The van der Waals surface area contributed by atoms with Crippen LogP contribution < -0.4 is 0 Å². The molecule has 2 fully saturated rings. The Morgan fingerprint density at radius 3 is 2.40 bits per heavy atom. The fraction of sp³-hybridized carbons (Fsp3) is 1.00. The Morgan fingerprint density at radius 2 is 1.84 bits per heavy atom. The SMILES string of the molecule is B[C@H]1C[C@@]2(OCSSC)C(OP(=O)(O)OP(=O)(O)OP(=O)(O)O)[C@H]2O1. The van der Waals surface area contributed by atoms with E-state index in [4.69, 9.17) is 28.7 Å². The molecule has 146 valence electrons. The molecule has 4 N–H and O–H groups in total. The van der Waals surface area contributed by atoms with E-state index in [2.05, 4.69) is 8.62 Å². The molecule has 2 aliphatic rings. The van der Waals surface area contributed by atoms with Gasteiger partial charge >= 0.3 is 23.5 Å². The van der Waals surface area contributed by atoms with Crippen LogP contribution in [0.5, 0.6) is 0 Å². The summed E-state index contributed by atoms with van der Waals surface area (Å²) in [6.45, 7) is 0. The quantitative estimate of drug-likeness (QED) is 0.114. The van der Waals surface area contributed by atoms with Crippen LogP contribution in [-0.2, 0) is 36.3 Å². The second-order valence-electron chi connectivity index (χ2n) is 5.19. The van der Waals surface area contributed by atoms with Crippen molar-refractivity contribution in [2.75, 3.05) is 12.2 Å². The van der Waals surface area contributed by atoms with Gasteiger partial charge in [-0.15, -0.1) is 0 Å². The summed E-state index contributed by atoms with van der Waals surface area (Å²) < 4.78 is 57.1. The van der Waals surface area contributed by atoms with Gasteiger partial charge < -0.3 is 29.0 Å². The second kappa shape index (κ2) is 7.84. The summed E-state index contributed by atoms with van der Waals surface area (Å²) in [4.78, 5) is 35.7. The smallest absolute Gasteiger partial charge is 0.378 e. The highest BCUT2D eigenvalue weighted by Gasteiger charge is 2.75. The van der Waals surface area contributed by atoms with E-state index >= 15 is 0 Å². The zero-order valence-electron chi connectivity index (χ0n) is 12.9. The first-order valence-electron chi connectivity index (χ1n) is 6.57. The Morgan fingerprint density at radius 1 is 1.20 bits per heavy atom. The van der Waals surface area contributed by atoms with Crippen molar-refractivity contribution >= 4 is 52.9 Å². The zero-order valence-corrected chi connectivity index (χ0v) is 17.2. The fourth-order valence-electron chi connectivity index (χ4n) is 2.51. The standard InChI is InChI=1S/C7H16BO12P3S2/c1-24-25-3-16-7-2-4(8)17-5(7)6(7)18-22(12,13)20-23(14,15)19-21(9,10)11/h4-6H,2-3,8H2,1H3,(H,12,13)(H,14,15)(H2,9,10,11)/t4-,5-,6?,7+/m1/s1. The average Bonchev–Trinajstić information content (AvgIpc) is 2.75. The third-order valence-corrected chi connectivity index (χ3v) is 8.54. The first kappa shape index (κ1) is 22.4. The van der Waals surface area contributed by atoms with Gasteiger partial charge in [-0.1, -0.05) is 21.6 Å². The van der Waals surface area contributed by atoms with E-state index in [0.29, 0.717) is 6.42 Å². The van der Waals surface area contributed by atoms with Crippen LogP contribution in [0, 0.1) is 0 Å². The maximum Gasteiger partial charge on any atom is 0.490 e. The topological polar surface area (TPSA) is 178 Å². The van der Waals surface area contributed by atoms with Gasteiger partial charge in [0.15, 0.2) is 0 Å². The second-order valence-corrected chi connectivity index (χ2v) is 12.1. The van der Waals surface area contributed by atoms with E-state index in [1.54, 1.807) is 7.85 Å². The zero-order chi connectivity index (χ0) is 19.1. The Kier molecular flexibility index (Phi) is 7.02. The third kappa shape index (κ3) is 6.03. The summed E-state index contributed by atoms with van der Waals surface area (Å²) in [6.07, 6.45) is 0.493. The maximum atomic E-state index is 11.9. The van der Waals surface area contributed by atoms with E-state index in [9.17, 15) is 18.6 Å². The van der Waals surface area contributed by atoms with Crippen LogP contribution in [0.1, 0.15) is 6.42 Å². The van der Waals surface area contributed by atoms with E-state index in [1.807, 2.05) is 6.26 Å². The average molecular weight is 460 g/mol. The normalized spacial score (nSPS) is 36.4. The van der Waals surface area contributed by atoms with Gasteiger partial charge in [0.25, 0.3) is 0 Å². The van der Waals surface area contributed by atoms with Crippen LogP contribution in [0.15, 0.2) is 0 Å². The highest BCUT2D eigenvalue weighted by molar-refractivity contribution is 8.76. The largest absolute Gasteiger partial charge is 0.490 e. The van der Waals surface area contributed by atoms with Crippen LogP contribution in [0.3, 0.4) is 0 Å². The molecule has 0 aromatic heterocycles. The lowest BCUT2D eigenvalue weighted by molar-refractivity contribution is 0.0226. The van der Waals surface area contributed by atoms with Crippen LogP contribution in [0.4, 0.5) is 0 Å². The molecule has 0 amide bonds. The van der Waals surface area contributed by atoms with E-state index in [0.717, 1.165) is 0 Å². The number of hydrogen-bond donors (Lipinski definition) is 4. The summed E-state index contributed by atoms with van der Waals surface area (Å²) in [6, 6.07) is -0.176. The molecule has 1 saturated carbocycles. The summed E-state index contributed by atoms with van der Waals surface area (Å²) in [5.41, 5.74) is -0.993. The highest BCUT2D eigenvalue weighted by Crippen LogP contribution is 2.69. The first-order valence-corrected chi connectivity index (χ1v) is 13.8.